The number of carbonyl (C=O) groups is 2. The van der Waals surface area contributed by atoms with Gasteiger partial charge < -0.3 is 14.2 Å². The van der Waals surface area contributed by atoms with Crippen LogP contribution in [-0.2, 0) is 23.8 Å². The van der Waals surface area contributed by atoms with Gasteiger partial charge >= 0.3 is 6.16 Å². The molecule has 0 aliphatic heterocycles. The molecule has 21 heavy (non-hydrogen) atoms. The van der Waals surface area contributed by atoms with Crippen LogP contribution in [0.2, 0.25) is 0 Å². The summed E-state index contributed by atoms with van der Waals surface area (Å²) in [5.74, 6) is 0.573. The van der Waals surface area contributed by atoms with E-state index < -0.39 is 17.5 Å². The van der Waals surface area contributed by atoms with E-state index in [0.717, 1.165) is 25.7 Å². The fraction of sp³-hybridized carbons (Fsp3) is 0.833. The highest BCUT2D eigenvalue weighted by Crippen LogP contribution is 2.29. The molecule has 0 bridgehead atoms. The zero-order valence-electron chi connectivity index (χ0n) is 11.8. The number of carbonyl (C=O) groups excluding carboxylic acids is 2. The van der Waals surface area contributed by atoms with Gasteiger partial charge in [0, 0.05) is 0 Å². The van der Waals surface area contributed by atoms with Crippen LogP contribution in [0, 0.1) is 22.0 Å². The molecule has 0 aromatic rings. The summed E-state index contributed by atoms with van der Waals surface area (Å²) in [4.78, 5) is 35.4. The Hall–Kier alpha value is -2.06. The van der Waals surface area contributed by atoms with Crippen LogP contribution in [0.1, 0.15) is 32.6 Å². The van der Waals surface area contributed by atoms with Crippen molar-refractivity contribution in [3.8, 4) is 0 Å². The van der Waals surface area contributed by atoms with Gasteiger partial charge in [0.05, 0.1) is 13.2 Å². The lowest BCUT2D eigenvalue weighted by atomic mass is 9.83. The Morgan fingerprint density at radius 1 is 1.29 bits per heavy atom. The SMILES string of the molecule is CC(OC(=O)OCC1CCC(COC=O)CC1)O[N+](=O)[O-]. The molecule has 1 aliphatic carbocycles. The predicted octanol–water partition coefficient (Wildman–Crippen LogP) is 1.67. The topological polar surface area (TPSA) is 114 Å². The molecular formula is C12H19NO8. The van der Waals surface area contributed by atoms with Gasteiger partial charge in [0.2, 0.25) is 6.29 Å². The Morgan fingerprint density at radius 3 is 2.38 bits per heavy atom. The monoisotopic (exact) mass is 305 g/mol. The summed E-state index contributed by atoms with van der Waals surface area (Å²) in [5.41, 5.74) is 0. The number of nitrogens with zero attached hydrogens (tertiary/aromatic N) is 1. The average molecular weight is 305 g/mol. The van der Waals surface area contributed by atoms with E-state index in [1.54, 1.807) is 0 Å². The molecule has 1 fully saturated rings. The summed E-state index contributed by atoms with van der Waals surface area (Å²) < 4.78 is 14.2. The van der Waals surface area contributed by atoms with Gasteiger partial charge in [0.1, 0.15) is 0 Å². The molecule has 0 spiro atoms. The molecule has 0 heterocycles. The van der Waals surface area contributed by atoms with Gasteiger partial charge in [-0.15, -0.1) is 10.1 Å². The molecule has 1 rings (SSSR count). The van der Waals surface area contributed by atoms with Gasteiger partial charge in [-0.2, -0.15) is 0 Å². The molecule has 0 saturated heterocycles. The summed E-state index contributed by atoms with van der Waals surface area (Å²) in [6.07, 6.45) is 1.23. The highest BCUT2D eigenvalue weighted by Gasteiger charge is 2.23. The summed E-state index contributed by atoms with van der Waals surface area (Å²) in [6, 6.07) is 0. The van der Waals surface area contributed by atoms with E-state index in [4.69, 9.17) is 9.47 Å². The predicted molar refractivity (Wildman–Crippen MR) is 67.4 cm³/mol. The van der Waals surface area contributed by atoms with Gasteiger partial charge in [-0.05, 0) is 44.4 Å². The van der Waals surface area contributed by atoms with Crippen molar-refractivity contribution < 1.29 is 33.7 Å². The molecule has 120 valence electrons. The first-order chi connectivity index (χ1) is 10.0. The molecular weight excluding hydrogens is 286 g/mol. The minimum atomic E-state index is -1.30. The molecule has 0 radical (unpaired) electrons. The van der Waals surface area contributed by atoms with E-state index in [1.165, 1.54) is 6.92 Å². The molecule has 1 aliphatic rings. The highest BCUT2D eigenvalue weighted by atomic mass is 17.0. The second-order valence-corrected chi connectivity index (χ2v) is 4.89. The smallest absolute Gasteiger partial charge is 0.468 e. The normalized spacial score (nSPS) is 22.7. The van der Waals surface area contributed by atoms with Crippen molar-refractivity contribution >= 4 is 12.6 Å². The van der Waals surface area contributed by atoms with Crippen molar-refractivity contribution in [2.75, 3.05) is 13.2 Å². The first-order valence-electron chi connectivity index (χ1n) is 6.71. The Kier molecular flexibility index (Phi) is 7.27. The molecule has 0 N–H and O–H groups in total. The van der Waals surface area contributed by atoms with Gasteiger partial charge in [-0.3, -0.25) is 9.63 Å². The first kappa shape index (κ1) is 17.0. The molecule has 0 aromatic carbocycles. The minimum Gasteiger partial charge on any atom is -0.468 e. The highest BCUT2D eigenvalue weighted by molar-refractivity contribution is 5.59. The van der Waals surface area contributed by atoms with Gasteiger partial charge in [0.15, 0.2) is 0 Å². The van der Waals surface area contributed by atoms with E-state index in [9.17, 15) is 19.7 Å². The quantitative estimate of drug-likeness (QED) is 0.219. The summed E-state index contributed by atoms with van der Waals surface area (Å²) in [7, 11) is 0. The first-order valence-corrected chi connectivity index (χ1v) is 6.71. The third kappa shape index (κ3) is 7.33. The van der Waals surface area contributed by atoms with E-state index in [1.807, 2.05) is 0 Å². The summed E-state index contributed by atoms with van der Waals surface area (Å²) >= 11 is 0. The molecule has 1 atom stereocenters. The molecule has 9 nitrogen and oxygen atoms in total. The van der Waals surface area contributed by atoms with Crippen LogP contribution in [0.15, 0.2) is 0 Å². The Morgan fingerprint density at radius 2 is 1.86 bits per heavy atom. The summed E-state index contributed by atoms with van der Waals surface area (Å²) in [5, 5.41) is 8.98. The average Bonchev–Trinajstić information content (AvgIpc) is 2.43. The standard InChI is InChI=1S/C12H19NO8/c1-9(21-13(16)17)20-12(15)19-7-11-4-2-10(3-5-11)6-18-8-14/h8-11H,2-7H2,1H3. The van der Waals surface area contributed by atoms with E-state index in [-0.39, 0.29) is 12.5 Å². The van der Waals surface area contributed by atoms with Gasteiger partial charge in [0.25, 0.3) is 11.6 Å². The zero-order valence-corrected chi connectivity index (χ0v) is 11.8. The van der Waals surface area contributed by atoms with Crippen LogP contribution in [0.5, 0.6) is 0 Å². The van der Waals surface area contributed by atoms with Crippen LogP contribution in [0.4, 0.5) is 4.79 Å². The van der Waals surface area contributed by atoms with Crippen molar-refractivity contribution in [2.45, 2.75) is 38.9 Å². The Balaban J connectivity index is 2.14. The second-order valence-electron chi connectivity index (χ2n) is 4.89. The molecule has 0 aromatic heterocycles. The largest absolute Gasteiger partial charge is 0.510 e. The van der Waals surface area contributed by atoms with E-state index >= 15 is 0 Å². The molecule has 1 unspecified atom stereocenters. The lowest BCUT2D eigenvalue weighted by molar-refractivity contribution is -0.777. The van der Waals surface area contributed by atoms with Crippen LogP contribution < -0.4 is 0 Å². The second kappa shape index (κ2) is 8.98. The third-order valence-electron chi connectivity index (χ3n) is 3.30. The number of hydrogen-bond acceptors (Lipinski definition) is 8. The van der Waals surface area contributed by atoms with Crippen molar-refractivity contribution in [3.63, 3.8) is 0 Å². The maximum atomic E-state index is 11.3. The van der Waals surface area contributed by atoms with Crippen LogP contribution >= 0.6 is 0 Å². The zero-order chi connectivity index (χ0) is 15.7. The minimum absolute atomic E-state index is 0.200. The van der Waals surface area contributed by atoms with Crippen LogP contribution in [-0.4, -0.2) is 37.2 Å². The van der Waals surface area contributed by atoms with E-state index in [2.05, 4.69) is 9.57 Å². The molecule has 0 amide bonds. The van der Waals surface area contributed by atoms with Crippen molar-refractivity contribution in [1.82, 2.24) is 0 Å². The van der Waals surface area contributed by atoms with Crippen LogP contribution in [0.25, 0.3) is 0 Å². The lowest BCUT2D eigenvalue weighted by Crippen LogP contribution is -2.25. The number of hydrogen-bond donors (Lipinski definition) is 0. The van der Waals surface area contributed by atoms with Gasteiger partial charge in [-0.1, -0.05) is 0 Å². The summed E-state index contributed by atoms with van der Waals surface area (Å²) in [6.45, 7) is 2.29. The van der Waals surface area contributed by atoms with Crippen molar-refractivity contribution in [1.29, 1.82) is 0 Å². The molecule has 1 saturated carbocycles. The Bertz CT molecular complexity index is 353. The van der Waals surface area contributed by atoms with Crippen molar-refractivity contribution in [2.24, 2.45) is 11.8 Å². The van der Waals surface area contributed by atoms with Gasteiger partial charge in [-0.25, -0.2) is 4.79 Å². The fourth-order valence-corrected chi connectivity index (χ4v) is 2.24. The Labute approximate surface area is 121 Å². The van der Waals surface area contributed by atoms with Crippen molar-refractivity contribution in [3.05, 3.63) is 10.1 Å². The maximum absolute atomic E-state index is 11.3. The third-order valence-corrected chi connectivity index (χ3v) is 3.30. The van der Waals surface area contributed by atoms with E-state index in [0.29, 0.717) is 19.0 Å². The van der Waals surface area contributed by atoms with Crippen LogP contribution in [0.3, 0.4) is 0 Å². The lowest BCUT2D eigenvalue weighted by Gasteiger charge is -2.27. The molecule has 9 heteroatoms. The number of ether oxygens (including phenoxy) is 3. The fourth-order valence-electron chi connectivity index (χ4n) is 2.24. The maximum Gasteiger partial charge on any atom is 0.510 e. The number of rotatable bonds is 8.